The Bertz CT molecular complexity index is 769. The lowest BCUT2D eigenvalue weighted by atomic mass is 10.1. The van der Waals surface area contributed by atoms with Gasteiger partial charge in [-0.1, -0.05) is 0 Å². The van der Waals surface area contributed by atoms with Crippen LogP contribution in [-0.2, 0) is 11.8 Å². The first-order chi connectivity index (χ1) is 10.8. The zero-order valence-electron chi connectivity index (χ0n) is 12.3. The Balaban J connectivity index is 1.65. The third-order valence-corrected chi connectivity index (χ3v) is 3.88. The summed E-state index contributed by atoms with van der Waals surface area (Å²) in [6.45, 7) is 1.56. The van der Waals surface area contributed by atoms with Crippen LogP contribution in [0.3, 0.4) is 0 Å². The average Bonchev–Trinajstić information content (AvgIpc) is 3.28. The van der Waals surface area contributed by atoms with Crippen molar-refractivity contribution in [1.29, 1.82) is 0 Å². The molecule has 1 aliphatic heterocycles. The predicted octanol–water partition coefficient (Wildman–Crippen LogP) is 1.57. The molecule has 0 aliphatic carbocycles. The molecule has 0 unspecified atom stereocenters. The van der Waals surface area contributed by atoms with Crippen LogP contribution in [0.2, 0.25) is 0 Å². The Hall–Kier alpha value is -2.54. The van der Waals surface area contributed by atoms with Crippen molar-refractivity contribution in [1.82, 2.24) is 29.8 Å². The topological polar surface area (TPSA) is 70.7 Å². The van der Waals surface area contributed by atoms with Crippen LogP contribution in [0.25, 0.3) is 17.1 Å². The van der Waals surface area contributed by atoms with Crippen molar-refractivity contribution in [3.05, 3.63) is 42.5 Å². The van der Waals surface area contributed by atoms with E-state index in [-0.39, 0.29) is 0 Å². The van der Waals surface area contributed by atoms with Crippen LogP contribution < -0.4 is 0 Å². The van der Waals surface area contributed by atoms with Crippen molar-refractivity contribution in [2.24, 2.45) is 7.05 Å². The fourth-order valence-electron chi connectivity index (χ4n) is 2.74. The van der Waals surface area contributed by atoms with Crippen molar-refractivity contribution >= 4 is 0 Å². The molecule has 0 spiro atoms. The molecule has 112 valence electrons. The molecule has 0 amide bonds. The third kappa shape index (κ3) is 2.29. The highest BCUT2D eigenvalue weighted by atomic mass is 16.5. The molecule has 0 saturated carbocycles. The van der Waals surface area contributed by atoms with Crippen molar-refractivity contribution in [2.45, 2.75) is 12.3 Å². The Kier molecular flexibility index (Phi) is 3.19. The zero-order chi connectivity index (χ0) is 14.9. The molecule has 0 N–H and O–H groups in total. The van der Waals surface area contributed by atoms with Gasteiger partial charge in [0.15, 0.2) is 0 Å². The maximum absolute atomic E-state index is 5.47. The number of imidazole rings is 1. The fraction of sp³-hybridized carbons (Fsp3) is 0.333. The number of hydrogen-bond donors (Lipinski definition) is 0. The summed E-state index contributed by atoms with van der Waals surface area (Å²) < 4.78 is 7.59. The van der Waals surface area contributed by atoms with Gasteiger partial charge in [-0.25, -0.2) is 4.98 Å². The molecule has 1 aliphatic rings. The van der Waals surface area contributed by atoms with E-state index in [0.29, 0.717) is 11.7 Å². The van der Waals surface area contributed by atoms with Gasteiger partial charge in [-0.3, -0.25) is 0 Å². The van der Waals surface area contributed by atoms with Crippen LogP contribution in [0.5, 0.6) is 0 Å². The molecule has 7 nitrogen and oxygen atoms in total. The van der Waals surface area contributed by atoms with Crippen LogP contribution in [0.15, 0.2) is 36.7 Å². The summed E-state index contributed by atoms with van der Waals surface area (Å²) in [6.07, 6.45) is 4.85. The van der Waals surface area contributed by atoms with E-state index < -0.39 is 0 Å². The Morgan fingerprint density at radius 2 is 2.09 bits per heavy atom. The van der Waals surface area contributed by atoms with Crippen LogP contribution in [0.4, 0.5) is 0 Å². The summed E-state index contributed by atoms with van der Waals surface area (Å²) in [6, 6.07) is 8.10. The summed E-state index contributed by atoms with van der Waals surface area (Å²) in [5, 5.41) is 12.1. The third-order valence-electron chi connectivity index (χ3n) is 3.88. The number of aromatic nitrogens is 6. The number of rotatable bonds is 3. The lowest BCUT2D eigenvalue weighted by Crippen LogP contribution is -2.07. The maximum atomic E-state index is 5.47. The summed E-state index contributed by atoms with van der Waals surface area (Å²) in [4.78, 5) is 5.96. The molecule has 1 fully saturated rings. The van der Waals surface area contributed by atoms with Crippen molar-refractivity contribution in [3.63, 3.8) is 0 Å². The molecule has 4 rings (SSSR count). The van der Waals surface area contributed by atoms with Gasteiger partial charge in [-0.2, -0.15) is 4.80 Å². The van der Waals surface area contributed by atoms with Crippen molar-refractivity contribution in [2.75, 3.05) is 13.2 Å². The lowest BCUT2D eigenvalue weighted by Gasteiger charge is -2.12. The van der Waals surface area contributed by atoms with Gasteiger partial charge in [0, 0.05) is 36.2 Å². The highest BCUT2D eigenvalue weighted by molar-refractivity contribution is 5.56. The van der Waals surface area contributed by atoms with Gasteiger partial charge in [-0.15, -0.1) is 10.2 Å². The minimum absolute atomic E-state index is 0.372. The number of ether oxygens (including phenoxy) is 1. The Morgan fingerprint density at radius 1 is 1.23 bits per heavy atom. The molecule has 2 aromatic heterocycles. The molecule has 1 saturated heterocycles. The summed E-state index contributed by atoms with van der Waals surface area (Å²) >= 11 is 0. The number of aryl methyl sites for hydroxylation is 1. The predicted molar refractivity (Wildman–Crippen MR) is 79.5 cm³/mol. The second-order valence-corrected chi connectivity index (χ2v) is 5.37. The largest absolute Gasteiger partial charge is 0.381 e. The quantitative estimate of drug-likeness (QED) is 0.733. The van der Waals surface area contributed by atoms with Gasteiger partial charge < -0.3 is 9.30 Å². The van der Waals surface area contributed by atoms with E-state index in [2.05, 4.69) is 25.0 Å². The standard InChI is InChI=1S/C15H16N6O/c1-20-18-14(17-19-20)11-2-4-13(5-3-11)21-8-7-16-15(21)12-6-9-22-10-12/h2-5,7-8,12H,6,9-10H2,1H3/t12-/m1/s1. The van der Waals surface area contributed by atoms with E-state index in [1.54, 1.807) is 7.05 Å². The van der Waals surface area contributed by atoms with E-state index in [1.165, 1.54) is 4.80 Å². The summed E-state index contributed by atoms with van der Waals surface area (Å²) in [5.41, 5.74) is 2.02. The fourth-order valence-corrected chi connectivity index (χ4v) is 2.74. The number of hydrogen-bond acceptors (Lipinski definition) is 5. The molecule has 0 bridgehead atoms. The number of tetrazole rings is 1. The van der Waals surface area contributed by atoms with Gasteiger partial charge >= 0.3 is 0 Å². The monoisotopic (exact) mass is 296 g/mol. The smallest absolute Gasteiger partial charge is 0.204 e. The molecule has 3 aromatic rings. The second-order valence-electron chi connectivity index (χ2n) is 5.37. The van der Waals surface area contributed by atoms with Crippen LogP contribution in [0, 0.1) is 0 Å². The van der Waals surface area contributed by atoms with Gasteiger partial charge in [-0.05, 0) is 35.9 Å². The first-order valence-corrected chi connectivity index (χ1v) is 7.27. The highest BCUT2D eigenvalue weighted by Gasteiger charge is 2.22. The van der Waals surface area contributed by atoms with E-state index in [4.69, 9.17) is 4.74 Å². The number of benzene rings is 1. The number of nitrogens with zero attached hydrogens (tertiary/aromatic N) is 6. The average molecular weight is 296 g/mol. The van der Waals surface area contributed by atoms with E-state index >= 15 is 0 Å². The molecule has 1 aromatic carbocycles. The normalized spacial score (nSPS) is 18.0. The van der Waals surface area contributed by atoms with Gasteiger partial charge in [0.1, 0.15) is 5.82 Å². The molecular formula is C15H16N6O. The van der Waals surface area contributed by atoms with E-state index in [0.717, 1.165) is 36.7 Å². The first-order valence-electron chi connectivity index (χ1n) is 7.27. The van der Waals surface area contributed by atoms with Gasteiger partial charge in [0.05, 0.1) is 13.7 Å². The van der Waals surface area contributed by atoms with E-state index in [9.17, 15) is 0 Å². The maximum Gasteiger partial charge on any atom is 0.204 e. The molecule has 22 heavy (non-hydrogen) atoms. The highest BCUT2D eigenvalue weighted by Crippen LogP contribution is 2.26. The van der Waals surface area contributed by atoms with Crippen molar-refractivity contribution < 1.29 is 4.74 Å². The molecule has 7 heteroatoms. The van der Waals surface area contributed by atoms with E-state index in [1.807, 2.05) is 36.7 Å². The van der Waals surface area contributed by atoms with Crippen LogP contribution in [-0.4, -0.2) is 43.0 Å². The second kappa shape index (κ2) is 5.34. The lowest BCUT2D eigenvalue weighted by molar-refractivity contribution is 0.193. The SMILES string of the molecule is Cn1nnc(-c2ccc(-n3ccnc3[C@@H]3CCOC3)cc2)n1. The first kappa shape index (κ1) is 13.1. The van der Waals surface area contributed by atoms with Crippen molar-refractivity contribution in [3.8, 4) is 17.1 Å². The summed E-state index contributed by atoms with van der Waals surface area (Å²) in [5.74, 6) is 2.06. The minimum atomic E-state index is 0.372. The molecule has 3 heterocycles. The molecule has 0 radical (unpaired) electrons. The zero-order valence-corrected chi connectivity index (χ0v) is 12.3. The van der Waals surface area contributed by atoms with Gasteiger partial charge in [0.25, 0.3) is 0 Å². The van der Waals surface area contributed by atoms with Crippen LogP contribution in [0.1, 0.15) is 18.2 Å². The summed E-state index contributed by atoms with van der Waals surface area (Å²) in [7, 11) is 1.76. The van der Waals surface area contributed by atoms with Crippen LogP contribution >= 0.6 is 0 Å². The Morgan fingerprint density at radius 3 is 2.77 bits per heavy atom. The molecular weight excluding hydrogens is 280 g/mol. The van der Waals surface area contributed by atoms with Gasteiger partial charge in [0.2, 0.25) is 5.82 Å². The Labute approximate surface area is 127 Å². The molecule has 1 atom stereocenters. The minimum Gasteiger partial charge on any atom is -0.381 e.